The highest BCUT2D eigenvalue weighted by Gasteiger charge is 2.19. The zero-order chi connectivity index (χ0) is 21.2. The second kappa shape index (κ2) is 11.7. The van der Waals surface area contributed by atoms with Crippen LogP contribution in [0.5, 0.6) is 0 Å². The summed E-state index contributed by atoms with van der Waals surface area (Å²) in [4.78, 5) is 14.3. The molecule has 6 heteroatoms. The second-order valence-electron chi connectivity index (χ2n) is 7.14. The van der Waals surface area contributed by atoms with Crippen LogP contribution in [0, 0.1) is 0 Å². The first-order valence-corrected chi connectivity index (χ1v) is 10.8. The Morgan fingerprint density at radius 3 is 2.43 bits per heavy atom. The van der Waals surface area contributed by atoms with Gasteiger partial charge in [-0.2, -0.15) is 0 Å². The van der Waals surface area contributed by atoms with Crippen molar-refractivity contribution in [1.29, 1.82) is 0 Å². The first-order chi connectivity index (χ1) is 13.3. The molecule has 2 aromatic heterocycles. The second-order valence-corrected chi connectivity index (χ2v) is 8.36. The molecular formula is C22H34N4OS. The molecule has 0 spiro atoms. The first kappa shape index (κ1) is 24.0. The summed E-state index contributed by atoms with van der Waals surface area (Å²) in [5.74, 6) is 3.95. The molecule has 0 atom stereocenters. The number of hydrogen-bond acceptors (Lipinski definition) is 5. The van der Waals surface area contributed by atoms with Crippen LogP contribution < -0.4 is 5.32 Å². The normalized spacial score (nSPS) is 12.4. The summed E-state index contributed by atoms with van der Waals surface area (Å²) in [6, 6.07) is 4.04. The molecule has 0 bridgehead atoms. The fourth-order valence-electron chi connectivity index (χ4n) is 2.05. The molecule has 2 heterocycles. The Balaban J connectivity index is 0.00000190. The average Bonchev–Trinajstić information content (AvgIpc) is 3.16. The van der Waals surface area contributed by atoms with Crippen molar-refractivity contribution in [2.75, 3.05) is 5.32 Å². The molecule has 0 aliphatic heterocycles. The number of anilines is 1. The Morgan fingerprint density at radius 2 is 1.89 bits per heavy atom. The van der Waals surface area contributed by atoms with Crippen LogP contribution in [0.3, 0.4) is 0 Å². The van der Waals surface area contributed by atoms with Crippen LogP contribution in [0.2, 0.25) is 0 Å². The monoisotopic (exact) mass is 402 g/mol. The van der Waals surface area contributed by atoms with E-state index in [0.717, 1.165) is 34.6 Å². The Kier molecular flexibility index (Phi) is 10.0. The van der Waals surface area contributed by atoms with E-state index < -0.39 is 0 Å². The number of hydrogen-bond donors (Lipinski definition) is 1. The van der Waals surface area contributed by atoms with Gasteiger partial charge in [-0.3, -0.25) is 0 Å². The predicted octanol–water partition coefficient (Wildman–Crippen LogP) is 6.58. The molecule has 0 unspecified atom stereocenters. The van der Waals surface area contributed by atoms with Crippen LogP contribution in [0.25, 0.3) is 0 Å². The van der Waals surface area contributed by atoms with Gasteiger partial charge in [0.15, 0.2) is 0 Å². The van der Waals surface area contributed by atoms with Crippen LogP contribution in [0.4, 0.5) is 5.82 Å². The topological polar surface area (TPSA) is 63.3 Å². The Morgan fingerprint density at radius 1 is 1.18 bits per heavy atom. The number of oxazole rings is 1. The summed E-state index contributed by atoms with van der Waals surface area (Å²) < 4.78 is 5.81. The lowest BCUT2D eigenvalue weighted by atomic mass is 9.94. The van der Waals surface area contributed by atoms with Gasteiger partial charge in [0.2, 0.25) is 5.89 Å². The summed E-state index contributed by atoms with van der Waals surface area (Å²) in [6.07, 6.45) is 6.54. The maximum Gasteiger partial charge on any atom is 0.204 e. The summed E-state index contributed by atoms with van der Waals surface area (Å²) in [5, 5.41) is 3.20. The zero-order valence-electron chi connectivity index (χ0n) is 18.5. The molecule has 0 radical (unpaired) electrons. The van der Waals surface area contributed by atoms with Gasteiger partial charge in [0.1, 0.15) is 17.4 Å². The van der Waals surface area contributed by atoms with Crippen LogP contribution in [-0.2, 0) is 17.6 Å². The lowest BCUT2D eigenvalue weighted by Crippen LogP contribution is -2.09. The standard InChI is InChI=1S/C20H28N4OS.C2H6/c1-7-16-8-9-18(22-11-16)24-15(3)21-10-14(2)26-13-19-23-12-17(25-19)20(4,5)6;1-2/h8-12H,7,13H2,1-6H3,(H,21,22,24);1-2H3/b14-10+;. The molecule has 1 N–H and O–H groups in total. The van der Waals surface area contributed by atoms with Crippen molar-refractivity contribution in [1.82, 2.24) is 9.97 Å². The third-order valence-electron chi connectivity index (χ3n) is 3.70. The van der Waals surface area contributed by atoms with E-state index in [0.29, 0.717) is 5.75 Å². The van der Waals surface area contributed by atoms with Gasteiger partial charge in [-0.1, -0.05) is 47.6 Å². The highest BCUT2D eigenvalue weighted by atomic mass is 32.2. The molecule has 0 amide bonds. The van der Waals surface area contributed by atoms with E-state index in [1.807, 2.05) is 52.4 Å². The third-order valence-corrected chi connectivity index (χ3v) is 4.65. The van der Waals surface area contributed by atoms with Crippen LogP contribution >= 0.6 is 11.8 Å². The number of nitrogens with zero attached hydrogens (tertiary/aromatic N) is 3. The molecular weight excluding hydrogens is 368 g/mol. The van der Waals surface area contributed by atoms with Crippen molar-refractivity contribution in [3.05, 3.63) is 52.8 Å². The number of aliphatic imine (C=N–C) groups is 1. The number of aryl methyl sites for hydroxylation is 1. The van der Waals surface area contributed by atoms with Crippen molar-refractivity contribution in [2.24, 2.45) is 4.99 Å². The molecule has 154 valence electrons. The van der Waals surface area contributed by atoms with E-state index in [2.05, 4.69) is 54.0 Å². The number of pyridine rings is 1. The molecule has 2 aromatic rings. The fourth-order valence-corrected chi connectivity index (χ4v) is 2.66. The summed E-state index contributed by atoms with van der Waals surface area (Å²) in [5.41, 5.74) is 1.20. The van der Waals surface area contributed by atoms with Crippen LogP contribution in [0.15, 0.2) is 45.0 Å². The van der Waals surface area contributed by atoms with Gasteiger partial charge in [0.05, 0.1) is 11.9 Å². The van der Waals surface area contributed by atoms with E-state index >= 15 is 0 Å². The highest BCUT2D eigenvalue weighted by molar-refractivity contribution is 8.02. The lowest BCUT2D eigenvalue weighted by Gasteiger charge is -2.13. The zero-order valence-corrected chi connectivity index (χ0v) is 19.3. The Hall–Kier alpha value is -2.08. The molecule has 5 nitrogen and oxygen atoms in total. The SMILES string of the molecule is CC.CCc1ccc(NC(C)=N/C=C(\C)SCc2ncc(C(C)(C)C)o2)nc1. The highest BCUT2D eigenvalue weighted by Crippen LogP contribution is 2.26. The van der Waals surface area contributed by atoms with Crippen molar-refractivity contribution in [3.8, 4) is 0 Å². The van der Waals surface area contributed by atoms with Gasteiger partial charge in [-0.15, -0.1) is 11.8 Å². The Labute approximate surface area is 174 Å². The number of thioether (sulfide) groups is 1. The number of allylic oxidation sites excluding steroid dienone is 1. The molecule has 0 fully saturated rings. The molecule has 28 heavy (non-hydrogen) atoms. The first-order valence-electron chi connectivity index (χ1n) is 9.79. The maximum absolute atomic E-state index is 5.81. The smallest absolute Gasteiger partial charge is 0.204 e. The quantitative estimate of drug-likeness (QED) is 0.437. The van der Waals surface area contributed by atoms with Crippen molar-refractivity contribution >= 4 is 23.4 Å². The molecule has 0 aromatic carbocycles. The maximum atomic E-state index is 5.81. The Bertz CT molecular complexity index is 771. The number of rotatable bonds is 6. The van der Waals surface area contributed by atoms with E-state index in [1.54, 1.807) is 11.8 Å². The van der Waals surface area contributed by atoms with E-state index in [1.165, 1.54) is 5.56 Å². The molecule has 0 saturated carbocycles. The summed E-state index contributed by atoms with van der Waals surface area (Å²) in [6.45, 7) is 16.4. The van der Waals surface area contributed by atoms with Crippen molar-refractivity contribution in [2.45, 2.75) is 73.0 Å². The number of nitrogens with one attached hydrogen (secondary N) is 1. The van der Waals surface area contributed by atoms with Crippen molar-refractivity contribution in [3.63, 3.8) is 0 Å². The number of aromatic nitrogens is 2. The summed E-state index contributed by atoms with van der Waals surface area (Å²) in [7, 11) is 0. The van der Waals surface area contributed by atoms with Gasteiger partial charge in [-0.25, -0.2) is 15.0 Å². The summed E-state index contributed by atoms with van der Waals surface area (Å²) >= 11 is 1.66. The average molecular weight is 403 g/mol. The van der Waals surface area contributed by atoms with Gasteiger partial charge >= 0.3 is 0 Å². The van der Waals surface area contributed by atoms with Gasteiger partial charge < -0.3 is 9.73 Å². The minimum Gasteiger partial charge on any atom is -0.444 e. The minimum absolute atomic E-state index is 0.0166. The van der Waals surface area contributed by atoms with Crippen LogP contribution in [0.1, 0.15) is 72.6 Å². The van der Waals surface area contributed by atoms with E-state index in [9.17, 15) is 0 Å². The van der Waals surface area contributed by atoms with Gasteiger partial charge in [-0.05, 0) is 31.9 Å². The number of amidine groups is 1. The van der Waals surface area contributed by atoms with Crippen molar-refractivity contribution < 1.29 is 4.42 Å². The predicted molar refractivity (Wildman–Crippen MR) is 122 cm³/mol. The van der Waals surface area contributed by atoms with Crippen LogP contribution in [-0.4, -0.2) is 15.8 Å². The molecule has 0 saturated heterocycles. The molecule has 0 aliphatic rings. The lowest BCUT2D eigenvalue weighted by molar-refractivity contribution is 0.391. The fraction of sp³-hybridized carbons (Fsp3) is 0.500. The van der Waals surface area contributed by atoms with E-state index in [-0.39, 0.29) is 5.41 Å². The van der Waals surface area contributed by atoms with E-state index in [4.69, 9.17) is 4.42 Å². The largest absolute Gasteiger partial charge is 0.444 e. The molecule has 2 rings (SSSR count). The third kappa shape index (κ3) is 8.30. The van der Waals surface area contributed by atoms with Gasteiger partial charge in [0, 0.05) is 22.7 Å². The molecule has 0 aliphatic carbocycles. The van der Waals surface area contributed by atoms with Gasteiger partial charge in [0.25, 0.3) is 0 Å². The minimum atomic E-state index is -0.0166.